The molecule has 0 aromatic carbocycles. The van der Waals surface area contributed by atoms with Crippen LogP contribution in [-0.4, -0.2) is 12.1 Å². The molecule has 2 nitrogen and oxygen atoms in total. The Bertz CT molecular complexity index is 320. The molecule has 0 aliphatic heterocycles. The molecule has 0 fully saturated rings. The van der Waals surface area contributed by atoms with E-state index in [2.05, 4.69) is 9.72 Å². The quantitative estimate of drug-likeness (QED) is 0.724. The standard InChI is InChI=1S/C7H5Cl2F2NO/c1-13-5-4(7(10)11)3(8)2-12-6(5)9/h2,7H,1H3. The van der Waals surface area contributed by atoms with Crippen molar-refractivity contribution in [3.63, 3.8) is 0 Å². The van der Waals surface area contributed by atoms with Gasteiger partial charge >= 0.3 is 0 Å². The molecule has 0 spiro atoms. The summed E-state index contributed by atoms with van der Waals surface area (Å²) in [7, 11) is 1.23. The maximum atomic E-state index is 12.4. The first-order valence-corrected chi connectivity index (χ1v) is 3.99. The van der Waals surface area contributed by atoms with Crippen molar-refractivity contribution in [2.75, 3.05) is 7.11 Å². The lowest BCUT2D eigenvalue weighted by atomic mass is 10.2. The van der Waals surface area contributed by atoms with Crippen molar-refractivity contribution in [1.82, 2.24) is 4.98 Å². The SMILES string of the molecule is COc1c(Cl)ncc(Cl)c1C(F)F. The fraction of sp³-hybridized carbons (Fsp3) is 0.286. The van der Waals surface area contributed by atoms with Gasteiger partial charge in [-0.2, -0.15) is 0 Å². The van der Waals surface area contributed by atoms with Crippen LogP contribution >= 0.6 is 23.2 Å². The summed E-state index contributed by atoms with van der Waals surface area (Å²) >= 11 is 11.0. The summed E-state index contributed by atoms with van der Waals surface area (Å²) in [5, 5.41) is -0.279. The van der Waals surface area contributed by atoms with Crippen molar-refractivity contribution < 1.29 is 13.5 Å². The molecule has 6 heteroatoms. The van der Waals surface area contributed by atoms with Crippen LogP contribution in [0.3, 0.4) is 0 Å². The molecule has 0 aliphatic carbocycles. The van der Waals surface area contributed by atoms with Crippen molar-refractivity contribution in [1.29, 1.82) is 0 Å². The lowest BCUT2D eigenvalue weighted by Gasteiger charge is -2.09. The van der Waals surface area contributed by atoms with Gasteiger partial charge < -0.3 is 4.74 Å². The van der Waals surface area contributed by atoms with Crippen LogP contribution < -0.4 is 4.74 Å². The van der Waals surface area contributed by atoms with E-state index in [1.165, 1.54) is 7.11 Å². The van der Waals surface area contributed by atoms with Crippen molar-refractivity contribution in [2.45, 2.75) is 6.43 Å². The number of ether oxygens (including phenoxy) is 1. The van der Waals surface area contributed by atoms with Gasteiger partial charge in [0.1, 0.15) is 0 Å². The first kappa shape index (κ1) is 10.5. The maximum Gasteiger partial charge on any atom is 0.269 e. The molecule has 1 aromatic heterocycles. The smallest absolute Gasteiger partial charge is 0.269 e. The number of hydrogen-bond acceptors (Lipinski definition) is 2. The Balaban J connectivity index is 3.35. The lowest BCUT2D eigenvalue weighted by Crippen LogP contribution is -1.96. The summed E-state index contributed by atoms with van der Waals surface area (Å²) in [5.41, 5.74) is -0.427. The van der Waals surface area contributed by atoms with Gasteiger partial charge in [-0.05, 0) is 0 Å². The Labute approximate surface area is 83.4 Å². The van der Waals surface area contributed by atoms with Gasteiger partial charge in [0.25, 0.3) is 6.43 Å². The summed E-state index contributed by atoms with van der Waals surface area (Å²) < 4.78 is 29.5. The highest BCUT2D eigenvalue weighted by Gasteiger charge is 2.21. The van der Waals surface area contributed by atoms with E-state index in [0.29, 0.717) is 0 Å². The average molecular weight is 228 g/mol. The summed E-state index contributed by atoms with van der Waals surface area (Å²) in [4.78, 5) is 3.57. The summed E-state index contributed by atoms with van der Waals surface area (Å²) in [6.45, 7) is 0. The second-order valence-corrected chi connectivity index (χ2v) is 2.91. The minimum atomic E-state index is -2.73. The van der Waals surface area contributed by atoms with Crippen molar-refractivity contribution in [3.8, 4) is 5.75 Å². The van der Waals surface area contributed by atoms with Crippen LogP contribution in [0.4, 0.5) is 8.78 Å². The highest BCUT2D eigenvalue weighted by molar-refractivity contribution is 6.33. The normalized spacial score (nSPS) is 10.6. The molecule has 1 rings (SSSR count). The molecule has 0 unspecified atom stereocenters. The number of alkyl halides is 2. The molecule has 72 valence electrons. The number of hydrogen-bond donors (Lipinski definition) is 0. The molecule has 0 amide bonds. The van der Waals surface area contributed by atoms with Gasteiger partial charge in [0.15, 0.2) is 10.9 Å². The number of aromatic nitrogens is 1. The van der Waals surface area contributed by atoms with Gasteiger partial charge in [-0.1, -0.05) is 23.2 Å². The van der Waals surface area contributed by atoms with E-state index in [9.17, 15) is 8.78 Å². The van der Waals surface area contributed by atoms with Gasteiger partial charge in [0.05, 0.1) is 17.7 Å². The number of pyridine rings is 1. The molecule has 0 saturated heterocycles. The predicted molar refractivity (Wildman–Crippen MR) is 45.8 cm³/mol. The molecule has 0 aliphatic rings. The number of nitrogens with zero attached hydrogens (tertiary/aromatic N) is 1. The van der Waals surface area contributed by atoms with Gasteiger partial charge in [0.2, 0.25) is 0 Å². The molecular weight excluding hydrogens is 223 g/mol. The third kappa shape index (κ3) is 2.00. The molecule has 1 heterocycles. The molecule has 0 bridgehead atoms. The number of halogens is 4. The zero-order valence-corrected chi connectivity index (χ0v) is 8.03. The van der Waals surface area contributed by atoms with Crippen LogP contribution in [0.25, 0.3) is 0 Å². The fourth-order valence-corrected chi connectivity index (χ4v) is 1.30. The minimum Gasteiger partial charge on any atom is -0.493 e. The number of rotatable bonds is 2. The lowest BCUT2D eigenvalue weighted by molar-refractivity contribution is 0.147. The Morgan fingerprint density at radius 2 is 2.08 bits per heavy atom. The molecular formula is C7H5Cl2F2NO. The van der Waals surface area contributed by atoms with E-state index < -0.39 is 12.0 Å². The second-order valence-electron chi connectivity index (χ2n) is 2.14. The van der Waals surface area contributed by atoms with Crippen molar-refractivity contribution in [3.05, 3.63) is 21.9 Å². The Kier molecular flexibility index (Phi) is 3.27. The fourth-order valence-electron chi connectivity index (χ4n) is 0.859. The first-order valence-electron chi connectivity index (χ1n) is 3.24. The summed E-state index contributed by atoms with van der Waals surface area (Å²) in [6.07, 6.45) is -1.67. The second kappa shape index (κ2) is 4.07. The first-order chi connectivity index (χ1) is 6.07. The third-order valence-electron chi connectivity index (χ3n) is 1.40. The van der Waals surface area contributed by atoms with Crippen LogP contribution in [0, 0.1) is 0 Å². The van der Waals surface area contributed by atoms with Crippen LogP contribution in [0.1, 0.15) is 12.0 Å². The van der Waals surface area contributed by atoms with Gasteiger partial charge in [-0.25, -0.2) is 13.8 Å². The Morgan fingerprint density at radius 3 is 2.46 bits per heavy atom. The zero-order valence-electron chi connectivity index (χ0n) is 6.52. The molecule has 0 saturated carbocycles. The van der Waals surface area contributed by atoms with Gasteiger partial charge in [-0.15, -0.1) is 0 Å². The van der Waals surface area contributed by atoms with E-state index >= 15 is 0 Å². The average Bonchev–Trinajstić information content (AvgIpc) is 2.07. The Morgan fingerprint density at radius 1 is 1.46 bits per heavy atom. The summed E-state index contributed by atoms with van der Waals surface area (Å²) in [5.74, 6) is -0.177. The predicted octanol–water partition coefficient (Wildman–Crippen LogP) is 3.33. The van der Waals surface area contributed by atoms with Crippen molar-refractivity contribution >= 4 is 23.2 Å². The van der Waals surface area contributed by atoms with Crippen LogP contribution in [0.15, 0.2) is 6.20 Å². The van der Waals surface area contributed by atoms with Crippen LogP contribution in [0.2, 0.25) is 10.2 Å². The van der Waals surface area contributed by atoms with Gasteiger partial charge in [-0.3, -0.25) is 0 Å². The zero-order chi connectivity index (χ0) is 10.0. The van der Waals surface area contributed by atoms with Crippen LogP contribution in [-0.2, 0) is 0 Å². The van der Waals surface area contributed by atoms with E-state index in [4.69, 9.17) is 23.2 Å². The molecule has 0 N–H and O–H groups in total. The summed E-state index contributed by atoms with van der Waals surface area (Å²) in [6, 6.07) is 0. The monoisotopic (exact) mass is 227 g/mol. The topological polar surface area (TPSA) is 22.1 Å². The van der Waals surface area contributed by atoms with Crippen LogP contribution in [0.5, 0.6) is 5.75 Å². The van der Waals surface area contributed by atoms with E-state index in [-0.39, 0.29) is 15.9 Å². The largest absolute Gasteiger partial charge is 0.493 e. The van der Waals surface area contributed by atoms with E-state index in [1.54, 1.807) is 0 Å². The molecule has 0 atom stereocenters. The molecule has 0 radical (unpaired) electrons. The van der Waals surface area contributed by atoms with E-state index in [1.807, 2.05) is 0 Å². The van der Waals surface area contributed by atoms with Gasteiger partial charge in [0, 0.05) is 6.20 Å². The maximum absolute atomic E-state index is 12.4. The third-order valence-corrected chi connectivity index (χ3v) is 1.97. The highest BCUT2D eigenvalue weighted by atomic mass is 35.5. The minimum absolute atomic E-state index is 0.123. The van der Waals surface area contributed by atoms with E-state index in [0.717, 1.165) is 6.20 Å². The molecule has 1 aromatic rings. The number of methoxy groups -OCH3 is 1. The van der Waals surface area contributed by atoms with Crippen molar-refractivity contribution in [2.24, 2.45) is 0 Å². The molecule has 13 heavy (non-hydrogen) atoms. The Hall–Kier alpha value is -0.610. The highest BCUT2D eigenvalue weighted by Crippen LogP contribution is 2.38.